The van der Waals surface area contributed by atoms with Gasteiger partial charge in [-0.2, -0.15) is 5.10 Å². The van der Waals surface area contributed by atoms with Crippen molar-refractivity contribution in [1.29, 1.82) is 0 Å². The van der Waals surface area contributed by atoms with E-state index in [2.05, 4.69) is 17.1 Å². The number of anilines is 1. The lowest BCUT2D eigenvalue weighted by Crippen LogP contribution is -2.02. The number of nitrogens with two attached hydrogens (primary N) is 2. The van der Waals surface area contributed by atoms with Gasteiger partial charge in [0.2, 0.25) is 0 Å². The average molecular weight is 154 g/mol. The molecule has 0 aliphatic carbocycles. The first-order valence-corrected chi connectivity index (χ1v) is 3.81. The number of hydrogen-bond donors (Lipinski definition) is 3. The van der Waals surface area contributed by atoms with Crippen LogP contribution in [0.5, 0.6) is 0 Å². The molecular weight excluding hydrogens is 140 g/mol. The van der Waals surface area contributed by atoms with Crippen molar-refractivity contribution < 1.29 is 0 Å². The highest BCUT2D eigenvalue weighted by molar-refractivity contribution is 5.41. The van der Waals surface area contributed by atoms with E-state index in [1.807, 2.05) is 0 Å². The molecule has 4 nitrogen and oxygen atoms in total. The quantitative estimate of drug-likeness (QED) is 0.589. The van der Waals surface area contributed by atoms with Crippen LogP contribution in [-0.2, 0) is 13.0 Å². The first kappa shape index (κ1) is 8.07. The highest BCUT2D eigenvalue weighted by Gasteiger charge is 2.06. The summed E-state index contributed by atoms with van der Waals surface area (Å²) in [6, 6.07) is 0. The number of hydrogen-bond acceptors (Lipinski definition) is 3. The Labute approximate surface area is 66.0 Å². The number of aromatic nitrogens is 2. The second kappa shape index (κ2) is 3.39. The fourth-order valence-electron chi connectivity index (χ4n) is 1.10. The predicted octanol–water partition coefficient (Wildman–Crippen LogP) is 0.403. The summed E-state index contributed by atoms with van der Waals surface area (Å²) in [6.45, 7) is 2.58. The van der Waals surface area contributed by atoms with E-state index in [-0.39, 0.29) is 0 Å². The lowest BCUT2D eigenvalue weighted by atomic mass is 10.1. The largest absolute Gasteiger partial charge is 0.382 e. The summed E-state index contributed by atoms with van der Waals surface area (Å²) in [5.41, 5.74) is 13.1. The Bertz CT molecular complexity index is 228. The molecule has 0 amide bonds. The molecule has 0 aliphatic rings. The Morgan fingerprint density at radius 2 is 2.27 bits per heavy atom. The van der Waals surface area contributed by atoms with Crippen LogP contribution in [0.3, 0.4) is 0 Å². The van der Waals surface area contributed by atoms with Gasteiger partial charge < -0.3 is 11.5 Å². The maximum Gasteiger partial charge on any atom is 0.149 e. The van der Waals surface area contributed by atoms with E-state index in [1.165, 1.54) is 0 Å². The average Bonchev–Trinajstić information content (AvgIpc) is 2.33. The molecule has 1 heterocycles. The lowest BCUT2D eigenvalue weighted by molar-refractivity contribution is 0.851. The van der Waals surface area contributed by atoms with Crippen LogP contribution < -0.4 is 11.5 Å². The van der Waals surface area contributed by atoms with E-state index in [1.54, 1.807) is 0 Å². The van der Waals surface area contributed by atoms with Crippen molar-refractivity contribution in [3.05, 3.63) is 11.3 Å². The molecule has 1 aromatic rings. The molecule has 5 N–H and O–H groups in total. The highest BCUT2D eigenvalue weighted by atomic mass is 15.2. The van der Waals surface area contributed by atoms with Crippen LogP contribution in [0.15, 0.2) is 0 Å². The number of nitrogens with zero attached hydrogens (tertiary/aromatic N) is 1. The van der Waals surface area contributed by atoms with Crippen molar-refractivity contribution >= 4 is 5.82 Å². The van der Waals surface area contributed by atoms with Gasteiger partial charge in [0.05, 0.1) is 0 Å². The summed E-state index contributed by atoms with van der Waals surface area (Å²) in [7, 11) is 0. The summed E-state index contributed by atoms with van der Waals surface area (Å²) >= 11 is 0. The van der Waals surface area contributed by atoms with Crippen LogP contribution in [0.2, 0.25) is 0 Å². The van der Waals surface area contributed by atoms with Crippen LogP contribution in [-0.4, -0.2) is 10.2 Å². The normalized spacial score (nSPS) is 10.4. The Morgan fingerprint density at radius 1 is 1.55 bits per heavy atom. The molecule has 62 valence electrons. The second-order valence-corrected chi connectivity index (χ2v) is 2.52. The predicted molar refractivity (Wildman–Crippen MR) is 44.9 cm³/mol. The first-order chi connectivity index (χ1) is 5.29. The van der Waals surface area contributed by atoms with Crippen molar-refractivity contribution in [3.8, 4) is 0 Å². The minimum absolute atomic E-state index is 0.470. The molecule has 1 rings (SSSR count). The standard InChI is InChI=1S/C7H14N4/c1-2-3-6-5(4-8)7(9)11-10-6/h2-4,8H2,1H3,(H3,9,10,11). The molecule has 0 aromatic carbocycles. The zero-order valence-corrected chi connectivity index (χ0v) is 6.72. The summed E-state index contributed by atoms with van der Waals surface area (Å²) in [6.07, 6.45) is 2.05. The Kier molecular flexibility index (Phi) is 2.48. The molecule has 11 heavy (non-hydrogen) atoms. The Morgan fingerprint density at radius 3 is 2.82 bits per heavy atom. The van der Waals surface area contributed by atoms with E-state index in [4.69, 9.17) is 11.5 Å². The van der Waals surface area contributed by atoms with Crippen molar-refractivity contribution in [2.75, 3.05) is 5.73 Å². The number of nitrogens with one attached hydrogen (secondary N) is 1. The number of H-pyrrole nitrogens is 1. The molecule has 0 bridgehead atoms. The van der Waals surface area contributed by atoms with Gasteiger partial charge in [-0.3, -0.25) is 5.10 Å². The third-order valence-corrected chi connectivity index (χ3v) is 1.69. The third-order valence-electron chi connectivity index (χ3n) is 1.69. The van der Waals surface area contributed by atoms with E-state index < -0.39 is 0 Å². The van der Waals surface area contributed by atoms with Gasteiger partial charge in [0.15, 0.2) is 0 Å². The zero-order valence-electron chi connectivity index (χ0n) is 6.72. The zero-order chi connectivity index (χ0) is 8.27. The Hall–Kier alpha value is -1.03. The third kappa shape index (κ3) is 1.51. The van der Waals surface area contributed by atoms with E-state index >= 15 is 0 Å². The molecule has 0 radical (unpaired) electrons. The van der Waals surface area contributed by atoms with Gasteiger partial charge in [-0.15, -0.1) is 0 Å². The number of nitrogen functional groups attached to an aromatic ring is 1. The number of aryl methyl sites for hydroxylation is 1. The van der Waals surface area contributed by atoms with Gasteiger partial charge >= 0.3 is 0 Å². The summed E-state index contributed by atoms with van der Waals surface area (Å²) in [5.74, 6) is 0.538. The van der Waals surface area contributed by atoms with Gasteiger partial charge in [-0.25, -0.2) is 0 Å². The van der Waals surface area contributed by atoms with Gasteiger partial charge in [-0.05, 0) is 6.42 Å². The van der Waals surface area contributed by atoms with Crippen LogP contribution in [0.25, 0.3) is 0 Å². The molecule has 0 atom stereocenters. The van der Waals surface area contributed by atoms with E-state index in [9.17, 15) is 0 Å². The molecule has 0 fully saturated rings. The molecule has 0 aliphatic heterocycles. The highest BCUT2D eigenvalue weighted by Crippen LogP contribution is 2.13. The van der Waals surface area contributed by atoms with Gasteiger partial charge in [0, 0.05) is 17.8 Å². The summed E-state index contributed by atoms with van der Waals surface area (Å²) in [4.78, 5) is 0. The minimum Gasteiger partial charge on any atom is -0.382 e. The number of rotatable bonds is 3. The first-order valence-electron chi connectivity index (χ1n) is 3.81. The van der Waals surface area contributed by atoms with Crippen molar-refractivity contribution in [2.45, 2.75) is 26.3 Å². The topological polar surface area (TPSA) is 80.7 Å². The molecule has 0 unspecified atom stereocenters. The number of aromatic amines is 1. The minimum atomic E-state index is 0.470. The van der Waals surface area contributed by atoms with Crippen molar-refractivity contribution in [3.63, 3.8) is 0 Å². The van der Waals surface area contributed by atoms with Crippen molar-refractivity contribution in [2.24, 2.45) is 5.73 Å². The molecule has 0 saturated heterocycles. The smallest absolute Gasteiger partial charge is 0.149 e. The molecule has 0 spiro atoms. The molecule has 1 aromatic heterocycles. The summed E-state index contributed by atoms with van der Waals surface area (Å²) < 4.78 is 0. The maximum absolute atomic E-state index is 5.56. The maximum atomic E-state index is 5.56. The van der Waals surface area contributed by atoms with Crippen LogP contribution in [0, 0.1) is 0 Å². The van der Waals surface area contributed by atoms with Gasteiger partial charge in [0.25, 0.3) is 0 Å². The van der Waals surface area contributed by atoms with Crippen LogP contribution in [0.1, 0.15) is 24.6 Å². The van der Waals surface area contributed by atoms with E-state index in [0.717, 1.165) is 24.1 Å². The SMILES string of the molecule is CCCc1[nH]nc(N)c1CN. The summed E-state index contributed by atoms with van der Waals surface area (Å²) in [5, 5.41) is 6.75. The molecule has 4 heteroatoms. The van der Waals surface area contributed by atoms with Crippen LogP contribution in [0.4, 0.5) is 5.82 Å². The second-order valence-electron chi connectivity index (χ2n) is 2.52. The Balaban J connectivity index is 2.86. The molecular formula is C7H14N4. The van der Waals surface area contributed by atoms with Crippen LogP contribution >= 0.6 is 0 Å². The fourth-order valence-corrected chi connectivity index (χ4v) is 1.10. The van der Waals surface area contributed by atoms with Crippen molar-refractivity contribution in [1.82, 2.24) is 10.2 Å². The lowest BCUT2D eigenvalue weighted by Gasteiger charge is -1.97. The fraction of sp³-hybridized carbons (Fsp3) is 0.571. The van der Waals surface area contributed by atoms with E-state index in [0.29, 0.717) is 12.4 Å². The van der Waals surface area contributed by atoms with Gasteiger partial charge in [-0.1, -0.05) is 13.3 Å². The van der Waals surface area contributed by atoms with Gasteiger partial charge in [0.1, 0.15) is 5.82 Å². The molecule has 0 saturated carbocycles. The monoisotopic (exact) mass is 154 g/mol.